The molecule has 5 unspecified atom stereocenters. The maximum absolute atomic E-state index is 12.5. The van der Waals surface area contributed by atoms with Crippen LogP contribution in [0.3, 0.4) is 0 Å². The molecule has 0 bridgehead atoms. The van der Waals surface area contributed by atoms with E-state index in [-0.39, 0.29) is 0 Å². The van der Waals surface area contributed by atoms with Gasteiger partial charge < -0.3 is 11.1 Å². The Bertz CT molecular complexity index is 357. The molecule has 0 spiro atoms. The van der Waals surface area contributed by atoms with E-state index in [0.29, 0.717) is 23.8 Å². The smallest absolute Gasteiger partial charge is 0.223 e. The van der Waals surface area contributed by atoms with Crippen LogP contribution in [0.5, 0.6) is 0 Å². The van der Waals surface area contributed by atoms with Crippen LogP contribution in [0.1, 0.15) is 70.6 Å². The van der Waals surface area contributed by atoms with Gasteiger partial charge in [-0.1, -0.05) is 32.1 Å². The molecular weight excluding hydrogens is 260 g/mol. The Morgan fingerprint density at radius 2 is 1.71 bits per heavy atom. The SMILES string of the molecule is NC1CCCC(CNC(=O)C2CCC3CCCCC3C2)C1. The van der Waals surface area contributed by atoms with Crippen LogP contribution in [-0.2, 0) is 4.79 Å². The maximum atomic E-state index is 12.5. The molecule has 3 aliphatic carbocycles. The molecule has 120 valence electrons. The number of hydrogen-bond acceptors (Lipinski definition) is 2. The lowest BCUT2D eigenvalue weighted by Gasteiger charge is -2.39. The third kappa shape index (κ3) is 4.00. The van der Waals surface area contributed by atoms with E-state index in [2.05, 4.69) is 5.32 Å². The van der Waals surface area contributed by atoms with Gasteiger partial charge in [-0.25, -0.2) is 0 Å². The molecule has 0 aliphatic heterocycles. The van der Waals surface area contributed by atoms with E-state index in [1.54, 1.807) is 0 Å². The Labute approximate surface area is 129 Å². The summed E-state index contributed by atoms with van der Waals surface area (Å²) in [5, 5.41) is 3.24. The quantitative estimate of drug-likeness (QED) is 0.839. The summed E-state index contributed by atoms with van der Waals surface area (Å²) in [6, 6.07) is 0.360. The van der Waals surface area contributed by atoms with E-state index in [0.717, 1.165) is 44.1 Å². The molecular formula is C18H32N2O. The van der Waals surface area contributed by atoms with Crippen LogP contribution >= 0.6 is 0 Å². The van der Waals surface area contributed by atoms with Crippen molar-refractivity contribution in [3.63, 3.8) is 0 Å². The van der Waals surface area contributed by atoms with Crippen LogP contribution in [0.2, 0.25) is 0 Å². The first kappa shape index (κ1) is 15.3. The molecule has 0 aromatic rings. The summed E-state index contributed by atoms with van der Waals surface area (Å²) in [5.41, 5.74) is 6.03. The molecule has 1 amide bonds. The molecule has 3 nitrogen and oxygen atoms in total. The Kier molecular flexibility index (Phi) is 5.20. The molecule has 3 saturated carbocycles. The van der Waals surface area contributed by atoms with E-state index in [1.165, 1.54) is 44.9 Å². The van der Waals surface area contributed by atoms with Crippen LogP contribution in [-0.4, -0.2) is 18.5 Å². The predicted molar refractivity (Wildman–Crippen MR) is 85.7 cm³/mol. The Hall–Kier alpha value is -0.570. The van der Waals surface area contributed by atoms with Crippen molar-refractivity contribution in [3.8, 4) is 0 Å². The first-order valence-electron chi connectivity index (χ1n) is 9.25. The molecule has 0 heterocycles. The van der Waals surface area contributed by atoms with Gasteiger partial charge in [-0.3, -0.25) is 4.79 Å². The molecule has 5 atom stereocenters. The number of carbonyl (C=O) groups is 1. The van der Waals surface area contributed by atoms with Gasteiger partial charge in [0.15, 0.2) is 0 Å². The van der Waals surface area contributed by atoms with Gasteiger partial charge in [0.25, 0.3) is 0 Å². The van der Waals surface area contributed by atoms with E-state index in [4.69, 9.17) is 5.73 Å². The molecule has 3 rings (SSSR count). The van der Waals surface area contributed by atoms with Crippen LogP contribution in [0, 0.1) is 23.7 Å². The monoisotopic (exact) mass is 292 g/mol. The molecule has 3 heteroatoms. The van der Waals surface area contributed by atoms with Gasteiger partial charge in [0, 0.05) is 18.5 Å². The van der Waals surface area contributed by atoms with Crippen molar-refractivity contribution in [2.45, 2.75) is 76.7 Å². The second-order valence-electron chi connectivity index (χ2n) is 7.85. The van der Waals surface area contributed by atoms with Crippen LogP contribution in [0.4, 0.5) is 0 Å². The highest BCUT2D eigenvalue weighted by Gasteiger charge is 2.35. The first-order valence-corrected chi connectivity index (χ1v) is 9.25. The standard InChI is InChI=1S/C18H32N2O/c19-17-7-3-4-13(10-17)12-20-18(21)16-9-8-14-5-1-2-6-15(14)11-16/h13-17H,1-12,19H2,(H,20,21). The highest BCUT2D eigenvalue weighted by molar-refractivity contribution is 5.78. The fourth-order valence-corrected chi connectivity index (χ4v) is 5.02. The summed E-state index contributed by atoms with van der Waals surface area (Å²) in [6.07, 6.45) is 13.9. The van der Waals surface area contributed by atoms with Crippen molar-refractivity contribution in [2.24, 2.45) is 29.4 Å². The zero-order chi connectivity index (χ0) is 14.7. The summed E-state index contributed by atoms with van der Waals surface area (Å²) in [7, 11) is 0. The van der Waals surface area contributed by atoms with Crippen LogP contribution < -0.4 is 11.1 Å². The largest absolute Gasteiger partial charge is 0.356 e. The molecule has 3 fully saturated rings. The number of carbonyl (C=O) groups excluding carboxylic acids is 1. The van der Waals surface area contributed by atoms with Crippen LogP contribution in [0.15, 0.2) is 0 Å². The highest BCUT2D eigenvalue weighted by atomic mass is 16.1. The fourth-order valence-electron chi connectivity index (χ4n) is 5.02. The van der Waals surface area contributed by atoms with Crippen LogP contribution in [0.25, 0.3) is 0 Å². The average Bonchev–Trinajstić information content (AvgIpc) is 2.52. The summed E-state index contributed by atoms with van der Waals surface area (Å²) >= 11 is 0. The fraction of sp³-hybridized carbons (Fsp3) is 0.944. The zero-order valence-corrected chi connectivity index (χ0v) is 13.4. The minimum atomic E-state index is 0.293. The normalized spacial score (nSPS) is 40.3. The average molecular weight is 292 g/mol. The minimum absolute atomic E-state index is 0.293. The molecule has 0 aromatic carbocycles. The lowest BCUT2D eigenvalue weighted by molar-refractivity contribution is -0.127. The lowest BCUT2D eigenvalue weighted by Crippen LogP contribution is -2.40. The van der Waals surface area contributed by atoms with E-state index >= 15 is 0 Å². The summed E-state index contributed by atoms with van der Waals surface area (Å²) in [5.74, 6) is 3.01. The van der Waals surface area contributed by atoms with Crippen molar-refractivity contribution < 1.29 is 4.79 Å². The third-order valence-corrected chi connectivity index (χ3v) is 6.30. The lowest BCUT2D eigenvalue weighted by atomic mass is 9.67. The van der Waals surface area contributed by atoms with Gasteiger partial charge in [0.2, 0.25) is 5.91 Å². The number of fused-ring (bicyclic) bond motifs is 1. The number of amides is 1. The maximum Gasteiger partial charge on any atom is 0.223 e. The van der Waals surface area contributed by atoms with Gasteiger partial charge in [0.05, 0.1) is 0 Å². The van der Waals surface area contributed by atoms with Crippen molar-refractivity contribution in [1.82, 2.24) is 5.32 Å². The van der Waals surface area contributed by atoms with Gasteiger partial charge in [-0.2, -0.15) is 0 Å². The van der Waals surface area contributed by atoms with Crippen molar-refractivity contribution in [1.29, 1.82) is 0 Å². The first-order chi connectivity index (χ1) is 10.2. The number of hydrogen-bond donors (Lipinski definition) is 2. The third-order valence-electron chi connectivity index (χ3n) is 6.30. The van der Waals surface area contributed by atoms with Gasteiger partial charge in [-0.15, -0.1) is 0 Å². The Morgan fingerprint density at radius 1 is 0.905 bits per heavy atom. The Morgan fingerprint density at radius 3 is 2.52 bits per heavy atom. The molecule has 0 saturated heterocycles. The van der Waals surface area contributed by atoms with Gasteiger partial charge >= 0.3 is 0 Å². The van der Waals surface area contributed by atoms with Crippen molar-refractivity contribution >= 4 is 5.91 Å². The van der Waals surface area contributed by atoms with E-state index in [1.807, 2.05) is 0 Å². The van der Waals surface area contributed by atoms with Crippen molar-refractivity contribution in [2.75, 3.05) is 6.54 Å². The van der Waals surface area contributed by atoms with E-state index < -0.39 is 0 Å². The van der Waals surface area contributed by atoms with Crippen molar-refractivity contribution in [3.05, 3.63) is 0 Å². The predicted octanol–water partition coefficient (Wildman–Crippen LogP) is 3.23. The van der Waals surface area contributed by atoms with Gasteiger partial charge in [-0.05, 0) is 56.3 Å². The number of rotatable bonds is 3. The minimum Gasteiger partial charge on any atom is -0.356 e. The number of nitrogens with two attached hydrogens (primary N) is 1. The second-order valence-corrected chi connectivity index (χ2v) is 7.85. The molecule has 0 radical (unpaired) electrons. The Balaban J connectivity index is 1.43. The zero-order valence-electron chi connectivity index (χ0n) is 13.4. The topological polar surface area (TPSA) is 55.1 Å². The molecule has 3 N–H and O–H groups in total. The summed E-state index contributed by atoms with van der Waals surface area (Å²) in [6.45, 7) is 0.858. The molecule has 21 heavy (non-hydrogen) atoms. The summed E-state index contributed by atoms with van der Waals surface area (Å²) < 4.78 is 0. The molecule has 0 aromatic heterocycles. The number of nitrogens with one attached hydrogen (secondary N) is 1. The van der Waals surface area contributed by atoms with Gasteiger partial charge in [0.1, 0.15) is 0 Å². The highest BCUT2D eigenvalue weighted by Crippen LogP contribution is 2.42. The second kappa shape index (κ2) is 7.13. The summed E-state index contributed by atoms with van der Waals surface area (Å²) in [4.78, 5) is 12.5. The van der Waals surface area contributed by atoms with E-state index in [9.17, 15) is 4.79 Å². The molecule has 3 aliphatic rings.